The first-order valence-electron chi connectivity index (χ1n) is 5.81. The van der Waals surface area contributed by atoms with Gasteiger partial charge in [-0.3, -0.25) is 9.50 Å². The molecule has 0 spiro atoms. The maximum atomic E-state index is 5.87. The number of hydrogen-bond acceptors (Lipinski definition) is 6. The maximum Gasteiger partial charge on any atom is 0.209 e. The highest BCUT2D eigenvalue weighted by atomic mass is 15.3. The Balaban J connectivity index is 1.93. The van der Waals surface area contributed by atoms with Crippen molar-refractivity contribution in [3.05, 3.63) is 29.8 Å². The van der Waals surface area contributed by atoms with E-state index in [1.54, 1.807) is 10.7 Å². The third kappa shape index (κ3) is 1.96. The van der Waals surface area contributed by atoms with Crippen molar-refractivity contribution < 1.29 is 0 Å². The lowest BCUT2D eigenvalue weighted by molar-refractivity contribution is 0.885. The van der Waals surface area contributed by atoms with Gasteiger partial charge in [0, 0.05) is 30.9 Å². The highest BCUT2D eigenvalue weighted by Crippen LogP contribution is 2.17. The van der Waals surface area contributed by atoms with E-state index in [0.717, 1.165) is 17.1 Å². The van der Waals surface area contributed by atoms with E-state index in [4.69, 9.17) is 5.73 Å². The number of aromatic amines is 1. The molecule has 19 heavy (non-hydrogen) atoms. The van der Waals surface area contributed by atoms with Gasteiger partial charge in [0.05, 0.1) is 6.20 Å². The molecule has 3 rings (SSSR count). The molecular weight excluding hydrogens is 244 g/mol. The van der Waals surface area contributed by atoms with E-state index in [1.807, 2.05) is 31.1 Å². The van der Waals surface area contributed by atoms with Crippen LogP contribution in [0, 0.1) is 6.92 Å². The summed E-state index contributed by atoms with van der Waals surface area (Å²) in [4.78, 5) is 6.33. The Hall–Kier alpha value is -2.64. The molecule has 8 heteroatoms. The van der Waals surface area contributed by atoms with Crippen LogP contribution < -0.4 is 10.6 Å². The molecule has 3 N–H and O–H groups in total. The predicted octanol–water partition coefficient (Wildman–Crippen LogP) is 0.374. The molecule has 0 aliphatic rings. The first-order valence-corrected chi connectivity index (χ1v) is 5.81. The predicted molar refractivity (Wildman–Crippen MR) is 70.6 cm³/mol. The summed E-state index contributed by atoms with van der Waals surface area (Å²) in [5.41, 5.74) is 8.71. The largest absolute Gasteiger partial charge is 0.369 e. The molecular formula is C11H14N8. The van der Waals surface area contributed by atoms with E-state index in [9.17, 15) is 0 Å². The molecule has 8 nitrogen and oxygen atoms in total. The minimum absolute atomic E-state index is 0.369. The van der Waals surface area contributed by atoms with Gasteiger partial charge in [0.1, 0.15) is 12.1 Å². The van der Waals surface area contributed by atoms with Crippen molar-refractivity contribution in [1.82, 2.24) is 29.8 Å². The van der Waals surface area contributed by atoms with Gasteiger partial charge in [-0.2, -0.15) is 10.1 Å². The van der Waals surface area contributed by atoms with Crippen molar-refractivity contribution in [2.45, 2.75) is 13.5 Å². The third-order valence-corrected chi connectivity index (χ3v) is 3.04. The molecule has 0 aliphatic heterocycles. The molecule has 0 saturated heterocycles. The first-order chi connectivity index (χ1) is 9.15. The summed E-state index contributed by atoms with van der Waals surface area (Å²) in [5.74, 6) is 1.12. The maximum absolute atomic E-state index is 5.87. The molecule has 0 atom stereocenters. The number of aromatic nitrogens is 6. The molecule has 3 heterocycles. The molecule has 0 fully saturated rings. The zero-order valence-corrected chi connectivity index (χ0v) is 10.7. The van der Waals surface area contributed by atoms with Gasteiger partial charge in [0.15, 0.2) is 5.65 Å². The molecule has 0 aromatic carbocycles. The lowest BCUT2D eigenvalue weighted by atomic mass is 10.2. The summed E-state index contributed by atoms with van der Waals surface area (Å²) in [5, 5.41) is 14.7. The van der Waals surface area contributed by atoms with Gasteiger partial charge in [0.25, 0.3) is 0 Å². The molecule has 0 radical (unpaired) electrons. The molecule has 0 saturated carbocycles. The highest BCUT2D eigenvalue weighted by molar-refractivity contribution is 5.54. The number of nitrogen functional groups attached to an aromatic ring is 1. The van der Waals surface area contributed by atoms with Gasteiger partial charge >= 0.3 is 0 Å². The number of hydrogen-bond donors (Lipinski definition) is 2. The van der Waals surface area contributed by atoms with Crippen LogP contribution in [0.5, 0.6) is 0 Å². The number of nitrogens with two attached hydrogens (primary N) is 1. The van der Waals surface area contributed by atoms with Gasteiger partial charge in [0.2, 0.25) is 5.95 Å². The normalized spacial score (nSPS) is 11.1. The fraction of sp³-hybridized carbons (Fsp3) is 0.273. The Bertz CT molecular complexity index is 712. The van der Waals surface area contributed by atoms with Crippen LogP contribution in [0.3, 0.4) is 0 Å². The molecule has 0 amide bonds. The Labute approximate surface area is 109 Å². The van der Waals surface area contributed by atoms with E-state index in [1.165, 1.54) is 0 Å². The van der Waals surface area contributed by atoms with Gasteiger partial charge in [-0.25, -0.2) is 0 Å². The SMILES string of the molecule is Cc1[nH]ncc1CN(C)c1cc2nncn2c(N)n1. The van der Waals surface area contributed by atoms with Gasteiger partial charge in [-0.15, -0.1) is 10.2 Å². The van der Waals surface area contributed by atoms with E-state index >= 15 is 0 Å². The molecule has 0 bridgehead atoms. The average Bonchev–Trinajstić information content (AvgIpc) is 2.99. The molecule has 3 aromatic rings. The van der Waals surface area contributed by atoms with Crippen LogP contribution in [-0.4, -0.2) is 36.8 Å². The second kappa shape index (κ2) is 4.23. The summed E-state index contributed by atoms with van der Waals surface area (Å²) < 4.78 is 1.64. The smallest absolute Gasteiger partial charge is 0.209 e. The van der Waals surface area contributed by atoms with Crippen molar-refractivity contribution in [2.75, 3.05) is 17.7 Å². The lowest BCUT2D eigenvalue weighted by Crippen LogP contribution is -2.19. The Morgan fingerprint density at radius 2 is 2.32 bits per heavy atom. The Kier molecular flexibility index (Phi) is 2.55. The first kappa shape index (κ1) is 11.5. The van der Waals surface area contributed by atoms with Crippen LogP contribution in [-0.2, 0) is 6.54 Å². The quantitative estimate of drug-likeness (QED) is 0.704. The lowest BCUT2D eigenvalue weighted by Gasteiger charge is -2.18. The van der Waals surface area contributed by atoms with Crippen molar-refractivity contribution in [3.8, 4) is 0 Å². The number of rotatable bonds is 3. The van der Waals surface area contributed by atoms with Gasteiger partial charge in [-0.1, -0.05) is 0 Å². The van der Waals surface area contributed by atoms with Crippen LogP contribution in [0.4, 0.5) is 11.8 Å². The van der Waals surface area contributed by atoms with Crippen molar-refractivity contribution in [2.24, 2.45) is 0 Å². The zero-order chi connectivity index (χ0) is 13.4. The van der Waals surface area contributed by atoms with Gasteiger partial charge in [-0.05, 0) is 6.92 Å². The van der Waals surface area contributed by atoms with Gasteiger partial charge < -0.3 is 10.6 Å². The average molecular weight is 258 g/mol. The van der Waals surface area contributed by atoms with Crippen LogP contribution in [0.2, 0.25) is 0 Å². The zero-order valence-electron chi connectivity index (χ0n) is 10.7. The van der Waals surface area contributed by atoms with E-state index in [-0.39, 0.29) is 0 Å². The number of nitrogens with one attached hydrogen (secondary N) is 1. The van der Waals surface area contributed by atoms with E-state index < -0.39 is 0 Å². The number of H-pyrrole nitrogens is 1. The second-order valence-corrected chi connectivity index (χ2v) is 4.41. The third-order valence-electron chi connectivity index (χ3n) is 3.04. The van der Waals surface area contributed by atoms with Crippen molar-refractivity contribution >= 4 is 17.4 Å². The fourth-order valence-corrected chi connectivity index (χ4v) is 1.90. The van der Waals surface area contributed by atoms with E-state index in [2.05, 4.69) is 25.4 Å². The minimum atomic E-state index is 0.369. The number of anilines is 2. The second-order valence-electron chi connectivity index (χ2n) is 4.41. The minimum Gasteiger partial charge on any atom is -0.369 e. The summed E-state index contributed by atoms with van der Waals surface area (Å²) in [6, 6.07) is 1.85. The summed E-state index contributed by atoms with van der Waals surface area (Å²) in [7, 11) is 1.95. The van der Waals surface area contributed by atoms with Crippen LogP contribution >= 0.6 is 0 Å². The monoisotopic (exact) mass is 258 g/mol. The molecule has 0 unspecified atom stereocenters. The summed E-state index contributed by atoms with van der Waals surface area (Å²) in [6.45, 7) is 2.68. The van der Waals surface area contributed by atoms with Crippen LogP contribution in [0.25, 0.3) is 5.65 Å². The summed E-state index contributed by atoms with van der Waals surface area (Å²) >= 11 is 0. The van der Waals surface area contributed by atoms with Crippen LogP contribution in [0.15, 0.2) is 18.6 Å². The van der Waals surface area contributed by atoms with Crippen molar-refractivity contribution in [3.63, 3.8) is 0 Å². The molecule has 98 valence electrons. The van der Waals surface area contributed by atoms with E-state index in [0.29, 0.717) is 18.1 Å². The van der Waals surface area contributed by atoms with Crippen LogP contribution in [0.1, 0.15) is 11.3 Å². The standard InChI is InChI=1S/C11H14N8/c1-7-8(4-13-16-7)5-18(2)9-3-10-17-14-6-19(10)11(12)15-9/h3-4,6H,5H2,1-2H3,(H2,12,15)(H,13,16). The molecule has 0 aliphatic carbocycles. The number of nitrogens with zero attached hydrogens (tertiary/aromatic N) is 6. The number of aryl methyl sites for hydroxylation is 1. The fourth-order valence-electron chi connectivity index (χ4n) is 1.90. The Morgan fingerprint density at radius 1 is 1.47 bits per heavy atom. The Morgan fingerprint density at radius 3 is 3.05 bits per heavy atom. The highest BCUT2D eigenvalue weighted by Gasteiger charge is 2.10. The summed E-state index contributed by atoms with van der Waals surface area (Å²) in [6.07, 6.45) is 3.35. The number of fused-ring (bicyclic) bond motifs is 1. The topological polar surface area (TPSA) is 101 Å². The molecule has 3 aromatic heterocycles. The van der Waals surface area contributed by atoms with Crippen molar-refractivity contribution in [1.29, 1.82) is 0 Å².